The van der Waals surface area contributed by atoms with E-state index in [1.807, 2.05) is 13.0 Å². The molecular weight excluding hydrogens is 136 g/mol. The van der Waals surface area contributed by atoms with Gasteiger partial charge < -0.3 is 0 Å². The Morgan fingerprint density at radius 2 is 2.44 bits per heavy atom. The molecule has 0 amide bonds. The number of nitrogens with zero attached hydrogens (tertiary/aromatic N) is 2. The van der Waals surface area contributed by atoms with Gasteiger partial charge in [-0.15, -0.1) is 5.10 Å². The number of hydrogen-bond donors (Lipinski definition) is 0. The summed E-state index contributed by atoms with van der Waals surface area (Å²) in [7, 11) is 0. The highest BCUT2D eigenvalue weighted by molar-refractivity contribution is 6.29. The molecule has 0 unspecified atom stereocenters. The van der Waals surface area contributed by atoms with Crippen molar-refractivity contribution in [1.82, 2.24) is 10.2 Å². The summed E-state index contributed by atoms with van der Waals surface area (Å²) in [4.78, 5) is 0. The van der Waals surface area contributed by atoms with Crippen LogP contribution >= 0.6 is 11.6 Å². The van der Waals surface area contributed by atoms with E-state index in [1.165, 1.54) is 0 Å². The monoisotopic (exact) mass is 142 g/mol. The topological polar surface area (TPSA) is 25.8 Å². The predicted molar refractivity (Wildman–Crippen MR) is 36.4 cm³/mol. The van der Waals surface area contributed by atoms with E-state index in [4.69, 9.17) is 11.6 Å². The zero-order valence-electron chi connectivity index (χ0n) is 5.13. The lowest BCUT2D eigenvalue weighted by atomic mass is 10.2. The molecule has 0 aliphatic carbocycles. The lowest BCUT2D eigenvalue weighted by molar-refractivity contribution is 0.983. The van der Waals surface area contributed by atoms with E-state index >= 15 is 0 Å². The molecule has 1 rings (SSSR count). The maximum atomic E-state index is 5.55. The summed E-state index contributed by atoms with van der Waals surface area (Å²) in [6.07, 6.45) is 2.67. The van der Waals surface area contributed by atoms with Crippen LogP contribution in [0.5, 0.6) is 0 Å². The van der Waals surface area contributed by atoms with Gasteiger partial charge in [-0.05, 0) is 18.1 Å². The molecule has 0 saturated carbocycles. The van der Waals surface area contributed by atoms with Crippen molar-refractivity contribution >= 4 is 11.6 Å². The van der Waals surface area contributed by atoms with Gasteiger partial charge in [-0.2, -0.15) is 5.10 Å². The van der Waals surface area contributed by atoms with E-state index in [0.717, 1.165) is 12.0 Å². The molecule has 0 aliphatic heterocycles. The van der Waals surface area contributed by atoms with Crippen LogP contribution in [0.3, 0.4) is 0 Å². The van der Waals surface area contributed by atoms with Crippen LogP contribution in [0.1, 0.15) is 12.5 Å². The molecule has 0 saturated heterocycles. The normalized spacial score (nSPS) is 9.56. The average Bonchev–Trinajstić information content (AvgIpc) is 1.88. The SMILES string of the molecule is CCc1cnnc(Cl)c1. The second kappa shape index (κ2) is 2.78. The van der Waals surface area contributed by atoms with E-state index in [-0.39, 0.29) is 0 Å². The Morgan fingerprint density at radius 1 is 1.67 bits per heavy atom. The lowest BCUT2D eigenvalue weighted by Crippen LogP contribution is -1.85. The van der Waals surface area contributed by atoms with Gasteiger partial charge in [-0.25, -0.2) is 0 Å². The molecule has 3 heteroatoms. The third-order valence-corrected chi connectivity index (χ3v) is 1.27. The Bertz CT molecular complexity index is 200. The first-order chi connectivity index (χ1) is 4.33. The molecule has 48 valence electrons. The van der Waals surface area contributed by atoms with Crippen LogP contribution in [0.4, 0.5) is 0 Å². The van der Waals surface area contributed by atoms with Gasteiger partial charge in [0, 0.05) is 0 Å². The molecule has 0 radical (unpaired) electrons. The third-order valence-electron chi connectivity index (χ3n) is 1.09. The molecule has 0 spiro atoms. The number of halogens is 1. The molecule has 0 atom stereocenters. The van der Waals surface area contributed by atoms with E-state index in [1.54, 1.807) is 6.20 Å². The van der Waals surface area contributed by atoms with Crippen LogP contribution in [-0.4, -0.2) is 10.2 Å². The quantitative estimate of drug-likeness (QED) is 0.597. The van der Waals surface area contributed by atoms with Gasteiger partial charge in [0.25, 0.3) is 0 Å². The smallest absolute Gasteiger partial charge is 0.151 e. The summed E-state index contributed by atoms with van der Waals surface area (Å²) in [5, 5.41) is 7.74. The van der Waals surface area contributed by atoms with E-state index < -0.39 is 0 Å². The fraction of sp³-hybridized carbons (Fsp3) is 0.333. The minimum atomic E-state index is 0.467. The fourth-order valence-electron chi connectivity index (χ4n) is 0.571. The largest absolute Gasteiger partial charge is 0.157 e. The first kappa shape index (κ1) is 6.49. The standard InChI is InChI=1S/C6H7ClN2/c1-2-5-3-6(7)9-8-4-5/h3-4H,2H2,1H3. The Balaban J connectivity index is 2.94. The van der Waals surface area contributed by atoms with Crippen molar-refractivity contribution in [3.05, 3.63) is 23.0 Å². The van der Waals surface area contributed by atoms with Gasteiger partial charge in [0.05, 0.1) is 6.20 Å². The van der Waals surface area contributed by atoms with Gasteiger partial charge >= 0.3 is 0 Å². The van der Waals surface area contributed by atoms with Gasteiger partial charge in [0.1, 0.15) is 0 Å². The maximum absolute atomic E-state index is 5.55. The lowest BCUT2D eigenvalue weighted by Gasteiger charge is -1.91. The van der Waals surface area contributed by atoms with E-state index in [0.29, 0.717) is 5.15 Å². The van der Waals surface area contributed by atoms with Gasteiger partial charge in [-0.3, -0.25) is 0 Å². The van der Waals surface area contributed by atoms with Crippen molar-refractivity contribution < 1.29 is 0 Å². The molecule has 0 N–H and O–H groups in total. The molecule has 9 heavy (non-hydrogen) atoms. The molecule has 0 fully saturated rings. The van der Waals surface area contributed by atoms with Gasteiger partial charge in [0.2, 0.25) is 0 Å². The molecule has 0 aromatic carbocycles. The van der Waals surface area contributed by atoms with Crippen molar-refractivity contribution in [3.63, 3.8) is 0 Å². The van der Waals surface area contributed by atoms with Crippen molar-refractivity contribution in [2.45, 2.75) is 13.3 Å². The molecule has 0 bridgehead atoms. The van der Waals surface area contributed by atoms with Gasteiger partial charge in [0.15, 0.2) is 5.15 Å². The molecule has 2 nitrogen and oxygen atoms in total. The maximum Gasteiger partial charge on any atom is 0.151 e. The molecule has 1 aromatic heterocycles. The van der Waals surface area contributed by atoms with Crippen LogP contribution in [0.2, 0.25) is 5.15 Å². The highest BCUT2D eigenvalue weighted by Crippen LogP contribution is 2.04. The summed E-state index contributed by atoms with van der Waals surface area (Å²) < 4.78 is 0. The Kier molecular flexibility index (Phi) is 2.01. The second-order valence-electron chi connectivity index (χ2n) is 1.74. The second-order valence-corrected chi connectivity index (χ2v) is 2.13. The summed E-state index contributed by atoms with van der Waals surface area (Å²) in [5.74, 6) is 0. The van der Waals surface area contributed by atoms with Crippen LogP contribution in [0.25, 0.3) is 0 Å². The van der Waals surface area contributed by atoms with E-state index in [2.05, 4.69) is 10.2 Å². The van der Waals surface area contributed by atoms with Crippen molar-refractivity contribution in [3.8, 4) is 0 Å². The minimum absolute atomic E-state index is 0.467. The highest BCUT2D eigenvalue weighted by atomic mass is 35.5. The molecule has 1 aromatic rings. The summed E-state index contributed by atoms with van der Waals surface area (Å²) in [6.45, 7) is 2.05. The zero-order valence-corrected chi connectivity index (χ0v) is 5.89. The summed E-state index contributed by atoms with van der Waals surface area (Å²) in [5.41, 5.74) is 1.12. The Morgan fingerprint density at radius 3 is 2.89 bits per heavy atom. The molecule has 1 heterocycles. The summed E-state index contributed by atoms with van der Waals surface area (Å²) in [6, 6.07) is 1.81. The molecule has 0 aliphatic rings. The Hall–Kier alpha value is -0.630. The first-order valence-corrected chi connectivity index (χ1v) is 3.18. The number of aromatic nitrogens is 2. The fourth-order valence-corrected chi connectivity index (χ4v) is 0.754. The van der Waals surface area contributed by atoms with E-state index in [9.17, 15) is 0 Å². The minimum Gasteiger partial charge on any atom is -0.157 e. The zero-order chi connectivity index (χ0) is 6.69. The number of rotatable bonds is 1. The van der Waals surface area contributed by atoms with Crippen molar-refractivity contribution in [2.24, 2.45) is 0 Å². The first-order valence-electron chi connectivity index (χ1n) is 2.80. The summed E-state index contributed by atoms with van der Waals surface area (Å²) >= 11 is 5.55. The van der Waals surface area contributed by atoms with Crippen LogP contribution in [-0.2, 0) is 6.42 Å². The number of hydrogen-bond acceptors (Lipinski definition) is 2. The van der Waals surface area contributed by atoms with Gasteiger partial charge in [-0.1, -0.05) is 18.5 Å². The van der Waals surface area contributed by atoms with Crippen molar-refractivity contribution in [2.75, 3.05) is 0 Å². The average molecular weight is 143 g/mol. The third kappa shape index (κ3) is 1.64. The van der Waals surface area contributed by atoms with Crippen molar-refractivity contribution in [1.29, 1.82) is 0 Å². The Labute approximate surface area is 58.9 Å². The van der Waals surface area contributed by atoms with Crippen LogP contribution in [0, 0.1) is 0 Å². The number of aryl methyl sites for hydroxylation is 1. The van der Waals surface area contributed by atoms with Crippen LogP contribution in [0.15, 0.2) is 12.3 Å². The predicted octanol–water partition coefficient (Wildman–Crippen LogP) is 1.69. The van der Waals surface area contributed by atoms with Crippen LogP contribution < -0.4 is 0 Å². The molecular formula is C6H7ClN2. The highest BCUT2D eigenvalue weighted by Gasteiger charge is 1.90.